The fourth-order valence-electron chi connectivity index (χ4n) is 8.98. The first-order valence-electron chi connectivity index (χ1n) is 26.5. The summed E-state index contributed by atoms with van der Waals surface area (Å²) >= 11 is 0. The number of amides is 6. The maximum atomic E-state index is 15.2. The molecule has 6 aromatic rings. The fourth-order valence-corrected chi connectivity index (χ4v) is 8.98. The number of carbonyl (C=O) groups is 8. The molecule has 19 heteroatoms. The van der Waals surface area contributed by atoms with Crippen molar-refractivity contribution in [3.8, 4) is 0 Å². The Morgan fingerprint density at radius 3 is 1.28 bits per heavy atom. The smallest absolute Gasteiger partial charge is 0.408 e. The lowest BCUT2D eigenvalue weighted by molar-refractivity contribution is -0.156. The number of benzene rings is 5. The van der Waals surface area contributed by atoms with E-state index in [9.17, 15) is 24.0 Å². The molecule has 1 aromatic heterocycles. The molecule has 0 radical (unpaired) electrons. The van der Waals surface area contributed by atoms with Crippen LogP contribution in [-0.2, 0) is 79.6 Å². The third-order valence-electron chi connectivity index (χ3n) is 12.7. The zero-order valence-corrected chi connectivity index (χ0v) is 46.9. The minimum absolute atomic E-state index is 0.0388. The summed E-state index contributed by atoms with van der Waals surface area (Å²) in [7, 11) is 2.87. The lowest BCUT2D eigenvalue weighted by Crippen LogP contribution is -2.60. The number of nitrogens with one attached hydrogen (secondary N) is 6. The van der Waals surface area contributed by atoms with E-state index in [1.807, 2.05) is 91.0 Å². The number of hydrogen-bond acceptors (Lipinski definition) is 12. The first kappa shape index (κ1) is 61.1. The highest BCUT2D eigenvalue weighted by Crippen LogP contribution is 2.37. The Balaban J connectivity index is 1.42. The van der Waals surface area contributed by atoms with Gasteiger partial charge in [0.2, 0.25) is 29.5 Å². The van der Waals surface area contributed by atoms with Crippen molar-refractivity contribution in [2.24, 2.45) is 7.05 Å². The molecule has 1 heterocycles. The van der Waals surface area contributed by atoms with Gasteiger partial charge < -0.3 is 50.7 Å². The Morgan fingerprint density at radius 1 is 0.481 bits per heavy atom. The van der Waals surface area contributed by atoms with Gasteiger partial charge in [0.05, 0.1) is 26.3 Å². The molecule has 0 bridgehead atoms. The van der Waals surface area contributed by atoms with Gasteiger partial charge in [-0.2, -0.15) is 0 Å². The largest absolute Gasteiger partial charge is 0.467 e. The van der Waals surface area contributed by atoms with Crippen molar-refractivity contribution in [3.05, 3.63) is 198 Å². The Labute approximate surface area is 472 Å². The van der Waals surface area contributed by atoms with Crippen molar-refractivity contribution in [3.63, 3.8) is 0 Å². The number of esters is 2. The molecule has 0 saturated heterocycles. The normalized spacial score (nSPS) is 13.3. The van der Waals surface area contributed by atoms with E-state index in [0.717, 1.165) is 0 Å². The number of rotatable bonds is 24. The standard InChI is InChI=1S/C62H72N8O11/c1-60(2,3)80-53(72)38-50(66-55(74)48(36-46-39-63-40-70(46)7)68-59(78)81-61(4,5)6)57(76)65-49(37-52(71)69-62(43-28-18-11-19-29-43,44-30-20-12-21-31-44)45-32-22-13-23-33-45)56(75)64-47(34-41-24-14-9-15-25-41)54(73)67-51(58(77)79-8)35-42-26-16-10-17-27-42/h9-33,39-40,47-51H,34-38H2,1-8H3,(H,64,75)(H,65,76)(H,66,74)(H,67,73)(H,68,78)(H,69,71)/t47-,48-,49-,50-,51-/m0/s1. The van der Waals surface area contributed by atoms with E-state index in [2.05, 4.69) is 36.9 Å². The average Bonchev–Trinajstić information content (AvgIpc) is 3.75. The molecule has 6 rings (SSSR count). The number of methoxy groups -OCH3 is 1. The zero-order valence-electron chi connectivity index (χ0n) is 46.9. The van der Waals surface area contributed by atoms with Gasteiger partial charge in [-0.3, -0.25) is 28.8 Å². The predicted molar refractivity (Wildman–Crippen MR) is 303 cm³/mol. The van der Waals surface area contributed by atoms with Crippen molar-refractivity contribution >= 4 is 47.6 Å². The summed E-state index contributed by atoms with van der Waals surface area (Å²) in [5.74, 6) is -6.29. The molecule has 0 aliphatic rings. The number of alkyl carbamates (subject to hydrolysis) is 1. The number of carbonyl (C=O) groups excluding carboxylic acids is 8. The SMILES string of the molecule is COC(=O)[C@H](Cc1ccccc1)NC(=O)[C@H](Cc1ccccc1)NC(=O)[C@H](CC(=O)NC(c1ccccc1)(c1ccccc1)c1ccccc1)NC(=O)[C@H](CC(=O)OC(C)(C)C)NC(=O)[C@H](Cc1cncn1C)NC(=O)OC(C)(C)C. The quantitative estimate of drug-likeness (QED) is 0.0243. The van der Waals surface area contributed by atoms with E-state index in [4.69, 9.17) is 14.2 Å². The van der Waals surface area contributed by atoms with Crippen LogP contribution in [0, 0.1) is 0 Å². The number of ether oxygens (including phenoxy) is 3. The third-order valence-corrected chi connectivity index (χ3v) is 12.7. The molecule has 5 atom stereocenters. The predicted octanol–water partition coefficient (Wildman–Crippen LogP) is 5.68. The maximum absolute atomic E-state index is 15.2. The molecular weight excluding hydrogens is 1030 g/mol. The molecule has 0 fully saturated rings. The van der Waals surface area contributed by atoms with Crippen LogP contribution in [0.25, 0.3) is 0 Å². The van der Waals surface area contributed by atoms with Crippen molar-refractivity contribution in [2.75, 3.05) is 7.11 Å². The van der Waals surface area contributed by atoms with E-state index in [1.165, 1.54) is 19.6 Å². The van der Waals surface area contributed by atoms with Gasteiger partial charge in [-0.05, 0) is 69.4 Å². The van der Waals surface area contributed by atoms with Gasteiger partial charge in [0, 0.05) is 38.2 Å². The number of imidazole rings is 1. The number of aryl methyl sites for hydroxylation is 1. The van der Waals surface area contributed by atoms with Gasteiger partial charge in [-0.1, -0.05) is 152 Å². The van der Waals surface area contributed by atoms with E-state index in [-0.39, 0.29) is 19.3 Å². The summed E-state index contributed by atoms with van der Waals surface area (Å²) in [5, 5.41) is 16.5. The Bertz CT molecular complexity index is 2980. The molecule has 0 saturated carbocycles. The average molecular weight is 1110 g/mol. The molecule has 81 heavy (non-hydrogen) atoms. The van der Waals surface area contributed by atoms with Crippen LogP contribution in [0.3, 0.4) is 0 Å². The molecular formula is C62H72N8O11. The number of hydrogen-bond donors (Lipinski definition) is 6. The van der Waals surface area contributed by atoms with Crippen molar-refractivity contribution in [1.29, 1.82) is 0 Å². The molecule has 0 spiro atoms. The van der Waals surface area contributed by atoms with Crippen molar-refractivity contribution in [1.82, 2.24) is 41.5 Å². The molecule has 0 aliphatic carbocycles. The lowest BCUT2D eigenvalue weighted by atomic mass is 9.77. The molecule has 5 aromatic carbocycles. The summed E-state index contributed by atoms with van der Waals surface area (Å²) < 4.78 is 17.8. The zero-order chi connectivity index (χ0) is 58.7. The molecule has 19 nitrogen and oxygen atoms in total. The minimum atomic E-state index is -1.84. The van der Waals surface area contributed by atoms with Gasteiger partial charge >= 0.3 is 18.0 Å². The van der Waals surface area contributed by atoms with Crippen LogP contribution in [-0.4, -0.2) is 106 Å². The highest BCUT2D eigenvalue weighted by Gasteiger charge is 2.41. The summed E-state index contributed by atoms with van der Waals surface area (Å²) in [5.41, 5.74) is 0.368. The Kier molecular flexibility index (Phi) is 21.2. The topological polar surface area (TPSA) is 254 Å². The van der Waals surface area contributed by atoms with Crippen molar-refractivity contribution < 1.29 is 52.6 Å². The summed E-state index contributed by atoms with van der Waals surface area (Å²) in [6.45, 7) is 9.77. The van der Waals surface area contributed by atoms with Crippen LogP contribution < -0.4 is 31.9 Å². The monoisotopic (exact) mass is 1100 g/mol. The van der Waals surface area contributed by atoms with Crippen molar-refractivity contribution in [2.45, 2.75) is 121 Å². The molecule has 0 aliphatic heterocycles. The van der Waals surface area contributed by atoms with Crippen LogP contribution >= 0.6 is 0 Å². The first-order valence-corrected chi connectivity index (χ1v) is 26.5. The highest BCUT2D eigenvalue weighted by molar-refractivity contribution is 5.99. The van der Waals surface area contributed by atoms with Gasteiger partial charge in [-0.15, -0.1) is 0 Å². The molecule has 426 valence electrons. The summed E-state index contributed by atoms with van der Waals surface area (Å²) in [6, 6.07) is 37.5. The maximum Gasteiger partial charge on any atom is 0.408 e. The van der Waals surface area contributed by atoms with Gasteiger partial charge in [0.25, 0.3) is 0 Å². The van der Waals surface area contributed by atoms with E-state index in [0.29, 0.717) is 33.5 Å². The van der Waals surface area contributed by atoms with Crippen LogP contribution in [0.15, 0.2) is 164 Å². The van der Waals surface area contributed by atoms with Crippen LogP contribution in [0.4, 0.5) is 4.79 Å². The molecule has 0 unspecified atom stereocenters. The van der Waals surface area contributed by atoms with Crippen LogP contribution in [0.1, 0.15) is 87.9 Å². The summed E-state index contributed by atoms with van der Waals surface area (Å²) in [6.07, 6.45) is 0.244. The number of aromatic nitrogens is 2. The third kappa shape index (κ3) is 18.2. The van der Waals surface area contributed by atoms with Gasteiger partial charge in [0.15, 0.2) is 0 Å². The van der Waals surface area contributed by atoms with Gasteiger partial charge in [0.1, 0.15) is 47.0 Å². The fraction of sp³-hybridized carbons (Fsp3) is 0.339. The van der Waals surface area contributed by atoms with E-state index in [1.54, 1.807) is 114 Å². The number of nitrogens with zero attached hydrogens (tertiary/aromatic N) is 2. The second-order valence-corrected chi connectivity index (χ2v) is 21.4. The molecule has 6 N–H and O–H groups in total. The van der Waals surface area contributed by atoms with Crippen LogP contribution in [0.5, 0.6) is 0 Å². The summed E-state index contributed by atoms with van der Waals surface area (Å²) in [4.78, 5) is 119. The molecule has 6 amide bonds. The van der Waals surface area contributed by atoms with E-state index < -0.39 is 107 Å². The Hall–Kier alpha value is -9.13. The van der Waals surface area contributed by atoms with Crippen LogP contribution in [0.2, 0.25) is 0 Å². The van der Waals surface area contributed by atoms with Gasteiger partial charge in [-0.25, -0.2) is 14.6 Å². The first-order chi connectivity index (χ1) is 38.5. The second-order valence-electron chi connectivity index (χ2n) is 21.4. The Morgan fingerprint density at radius 2 is 0.864 bits per heavy atom. The second kappa shape index (κ2) is 28.1. The minimum Gasteiger partial charge on any atom is -0.467 e. The lowest BCUT2D eigenvalue weighted by Gasteiger charge is -2.37. The van der Waals surface area contributed by atoms with E-state index >= 15 is 14.4 Å². The highest BCUT2D eigenvalue weighted by atomic mass is 16.6.